The summed E-state index contributed by atoms with van der Waals surface area (Å²) in [6.07, 6.45) is 1.17. The van der Waals surface area contributed by atoms with E-state index in [0.29, 0.717) is 6.54 Å². The molecule has 2 N–H and O–H groups in total. The minimum atomic E-state index is -2.97. The van der Waals surface area contributed by atoms with Gasteiger partial charge in [-0.15, -0.1) is 0 Å². The lowest BCUT2D eigenvalue weighted by molar-refractivity contribution is 0.189. The molecule has 0 aromatic carbocycles. The summed E-state index contributed by atoms with van der Waals surface area (Å²) in [5.41, 5.74) is 0. The third-order valence-electron chi connectivity index (χ3n) is 1.61. The predicted molar refractivity (Wildman–Crippen MR) is 46.4 cm³/mol. The Balaban J connectivity index is 2.35. The van der Waals surface area contributed by atoms with Crippen molar-refractivity contribution in [3.8, 4) is 0 Å². The van der Waals surface area contributed by atoms with Gasteiger partial charge in [0, 0.05) is 18.0 Å². The van der Waals surface area contributed by atoms with E-state index < -0.39 is 15.9 Å². The third-order valence-corrected chi connectivity index (χ3v) is 3.00. The molecule has 0 aromatic rings. The van der Waals surface area contributed by atoms with Gasteiger partial charge in [0.2, 0.25) is 0 Å². The lowest BCUT2D eigenvalue weighted by atomic mass is 10.3. The molecule has 0 saturated carbocycles. The summed E-state index contributed by atoms with van der Waals surface area (Å²) in [4.78, 5) is 0. The number of sulfone groups is 1. The predicted octanol–water partition coefficient (Wildman–Crippen LogP) is -0.732. The summed E-state index contributed by atoms with van der Waals surface area (Å²) in [5, 5.41) is 13.0. The molecule has 5 heteroatoms. The highest BCUT2D eigenvalue weighted by Crippen LogP contribution is 2.07. The first-order valence-corrected chi connectivity index (χ1v) is 5.53. The van der Waals surface area contributed by atoms with Crippen molar-refractivity contribution >= 4 is 9.84 Å². The van der Waals surface area contributed by atoms with Crippen LogP contribution in [-0.2, 0) is 9.84 Å². The van der Waals surface area contributed by atoms with Crippen LogP contribution >= 0.6 is 0 Å². The fourth-order valence-electron chi connectivity index (χ4n) is 1.02. The van der Waals surface area contributed by atoms with Gasteiger partial charge in [-0.1, -0.05) is 6.08 Å². The molecular weight excluding hydrogens is 178 g/mol. The summed E-state index contributed by atoms with van der Waals surface area (Å²) >= 11 is 0. The van der Waals surface area contributed by atoms with Gasteiger partial charge in [0.15, 0.2) is 9.84 Å². The van der Waals surface area contributed by atoms with Gasteiger partial charge in [-0.2, -0.15) is 0 Å². The zero-order valence-corrected chi connectivity index (χ0v) is 7.71. The normalized spacial score (nSPS) is 29.0. The smallest absolute Gasteiger partial charge is 0.173 e. The van der Waals surface area contributed by atoms with Crippen molar-refractivity contribution < 1.29 is 13.5 Å². The number of nitrogens with one attached hydrogen (secondary N) is 1. The summed E-state index contributed by atoms with van der Waals surface area (Å²) < 4.78 is 21.8. The van der Waals surface area contributed by atoms with Crippen LogP contribution in [0.2, 0.25) is 0 Å². The van der Waals surface area contributed by atoms with Crippen molar-refractivity contribution in [3.05, 3.63) is 11.5 Å². The van der Waals surface area contributed by atoms with Gasteiger partial charge in [-0.3, -0.25) is 0 Å². The monoisotopic (exact) mass is 191 g/mol. The van der Waals surface area contributed by atoms with Gasteiger partial charge in [0.05, 0.1) is 11.9 Å². The summed E-state index contributed by atoms with van der Waals surface area (Å²) in [7, 11) is -2.97. The summed E-state index contributed by atoms with van der Waals surface area (Å²) in [5.74, 6) is 0.111. The topological polar surface area (TPSA) is 66.4 Å². The average Bonchev–Trinajstić information content (AvgIpc) is 2.26. The fourth-order valence-corrected chi connectivity index (χ4v) is 2.29. The number of aliphatic hydroxyl groups is 1. The van der Waals surface area contributed by atoms with E-state index in [9.17, 15) is 8.42 Å². The van der Waals surface area contributed by atoms with Crippen molar-refractivity contribution in [3.63, 3.8) is 0 Å². The second-order valence-electron chi connectivity index (χ2n) is 3.02. The second kappa shape index (κ2) is 3.55. The molecule has 4 nitrogen and oxygen atoms in total. The number of hydrogen-bond acceptors (Lipinski definition) is 4. The Morgan fingerprint density at radius 2 is 2.42 bits per heavy atom. The molecule has 70 valence electrons. The van der Waals surface area contributed by atoms with Crippen molar-refractivity contribution in [2.24, 2.45) is 0 Å². The largest absolute Gasteiger partial charge is 0.392 e. The van der Waals surface area contributed by atoms with Gasteiger partial charge in [0.1, 0.15) is 0 Å². The Bertz CT molecular complexity index is 268. The van der Waals surface area contributed by atoms with Crippen LogP contribution in [0.5, 0.6) is 0 Å². The van der Waals surface area contributed by atoms with Gasteiger partial charge in [-0.05, 0) is 6.92 Å². The first-order valence-electron chi connectivity index (χ1n) is 3.82. The SMILES string of the molecule is CC(O)CNC1C=CS(=O)(=O)C1. The van der Waals surface area contributed by atoms with E-state index in [-0.39, 0.29) is 11.8 Å². The van der Waals surface area contributed by atoms with Crippen LogP contribution in [0, 0.1) is 0 Å². The Kier molecular flexibility index (Phi) is 2.87. The number of rotatable bonds is 3. The van der Waals surface area contributed by atoms with Gasteiger partial charge < -0.3 is 10.4 Å². The molecule has 0 saturated heterocycles. The molecule has 1 rings (SSSR count). The van der Waals surface area contributed by atoms with Gasteiger partial charge >= 0.3 is 0 Å². The molecule has 0 radical (unpaired) electrons. The highest BCUT2D eigenvalue weighted by atomic mass is 32.2. The summed E-state index contributed by atoms with van der Waals surface area (Å²) in [6, 6.07) is -0.135. The fraction of sp³-hybridized carbons (Fsp3) is 0.714. The first kappa shape index (κ1) is 9.70. The number of hydrogen-bond donors (Lipinski definition) is 2. The number of aliphatic hydroxyl groups excluding tert-OH is 1. The van der Waals surface area contributed by atoms with E-state index in [2.05, 4.69) is 5.32 Å². The van der Waals surface area contributed by atoms with Crippen LogP contribution in [0.4, 0.5) is 0 Å². The molecule has 0 aromatic heterocycles. The van der Waals surface area contributed by atoms with Crippen LogP contribution < -0.4 is 5.32 Å². The molecule has 2 atom stereocenters. The highest BCUT2D eigenvalue weighted by Gasteiger charge is 2.20. The van der Waals surface area contributed by atoms with E-state index in [1.807, 2.05) is 0 Å². The first-order chi connectivity index (χ1) is 5.49. The minimum Gasteiger partial charge on any atom is -0.392 e. The van der Waals surface area contributed by atoms with E-state index >= 15 is 0 Å². The van der Waals surface area contributed by atoms with Gasteiger partial charge in [-0.25, -0.2) is 8.42 Å². The maximum Gasteiger partial charge on any atom is 0.173 e. The molecule has 0 bridgehead atoms. The van der Waals surface area contributed by atoms with Crippen molar-refractivity contribution in [2.75, 3.05) is 12.3 Å². The van der Waals surface area contributed by atoms with Crippen LogP contribution in [0.25, 0.3) is 0 Å². The van der Waals surface area contributed by atoms with Crippen molar-refractivity contribution in [1.29, 1.82) is 0 Å². The summed E-state index contributed by atoms with van der Waals surface area (Å²) in [6.45, 7) is 2.07. The van der Waals surface area contributed by atoms with E-state index in [0.717, 1.165) is 0 Å². The Morgan fingerprint density at radius 1 is 1.75 bits per heavy atom. The van der Waals surface area contributed by atoms with Crippen molar-refractivity contribution in [2.45, 2.75) is 19.1 Å². The highest BCUT2D eigenvalue weighted by molar-refractivity contribution is 7.94. The lowest BCUT2D eigenvalue weighted by Gasteiger charge is -2.10. The Labute approximate surface area is 72.2 Å². The van der Waals surface area contributed by atoms with Crippen LogP contribution in [0.1, 0.15) is 6.92 Å². The molecular formula is C7H13NO3S. The van der Waals surface area contributed by atoms with Crippen LogP contribution in [0.3, 0.4) is 0 Å². The molecule has 2 unspecified atom stereocenters. The molecule has 0 fully saturated rings. The molecule has 0 amide bonds. The van der Waals surface area contributed by atoms with E-state index in [4.69, 9.17) is 5.11 Å². The van der Waals surface area contributed by atoms with E-state index in [1.54, 1.807) is 13.0 Å². The molecule has 0 spiro atoms. The average molecular weight is 191 g/mol. The third kappa shape index (κ3) is 2.92. The molecule has 12 heavy (non-hydrogen) atoms. The van der Waals surface area contributed by atoms with Gasteiger partial charge in [0.25, 0.3) is 0 Å². The van der Waals surface area contributed by atoms with E-state index in [1.165, 1.54) is 5.41 Å². The molecule has 0 aliphatic carbocycles. The van der Waals surface area contributed by atoms with Crippen LogP contribution in [0.15, 0.2) is 11.5 Å². The standard InChI is InChI=1S/C7H13NO3S/c1-6(9)4-8-7-2-3-12(10,11)5-7/h2-3,6-9H,4-5H2,1H3. The lowest BCUT2D eigenvalue weighted by Crippen LogP contribution is -2.35. The quantitative estimate of drug-likeness (QED) is 0.617. The maximum absolute atomic E-state index is 10.9. The molecule has 1 aliphatic heterocycles. The second-order valence-corrected chi connectivity index (χ2v) is 4.95. The Morgan fingerprint density at radius 3 is 2.83 bits per heavy atom. The maximum atomic E-state index is 10.9. The van der Waals surface area contributed by atoms with Crippen LogP contribution in [-0.4, -0.2) is 38.0 Å². The molecule has 1 heterocycles. The minimum absolute atomic E-state index is 0.111. The molecule has 1 aliphatic rings. The Hall–Kier alpha value is -0.390. The zero-order chi connectivity index (χ0) is 9.19. The zero-order valence-electron chi connectivity index (χ0n) is 6.90. The van der Waals surface area contributed by atoms with Crippen molar-refractivity contribution in [1.82, 2.24) is 5.32 Å².